The summed E-state index contributed by atoms with van der Waals surface area (Å²) in [5, 5.41) is 2.45. The van der Waals surface area contributed by atoms with Gasteiger partial charge in [0.1, 0.15) is 11.4 Å². The Morgan fingerprint density at radius 1 is 1.33 bits per heavy atom. The van der Waals surface area contributed by atoms with Crippen molar-refractivity contribution < 1.29 is 18.7 Å². The first kappa shape index (κ1) is 15.6. The fourth-order valence-corrected chi connectivity index (χ4v) is 2.04. The molecule has 0 aromatic heterocycles. The number of halogens is 1. The Labute approximate surface area is 124 Å². The number of nitrogens with one attached hydrogen (secondary N) is 1. The van der Waals surface area contributed by atoms with Gasteiger partial charge in [-0.2, -0.15) is 0 Å². The molecule has 0 unspecified atom stereocenters. The number of rotatable bonds is 2. The number of nitrogens with zero attached hydrogens (tertiary/aromatic N) is 1. The lowest BCUT2D eigenvalue weighted by Crippen LogP contribution is -2.36. The van der Waals surface area contributed by atoms with Crippen LogP contribution in [0.1, 0.15) is 20.8 Å². The Balaban J connectivity index is 2.10. The molecule has 1 aliphatic rings. The van der Waals surface area contributed by atoms with Crippen molar-refractivity contribution in [2.45, 2.75) is 26.4 Å². The lowest BCUT2D eigenvalue weighted by Gasteiger charge is -2.29. The Morgan fingerprint density at radius 2 is 2.00 bits per heavy atom. The number of hydrogen-bond acceptors (Lipinski definition) is 4. The van der Waals surface area contributed by atoms with E-state index in [9.17, 15) is 9.18 Å². The maximum Gasteiger partial charge on any atom is 0.412 e. The summed E-state index contributed by atoms with van der Waals surface area (Å²) in [5.74, 6) is -0.488. The number of morpholine rings is 1. The van der Waals surface area contributed by atoms with E-state index in [2.05, 4.69) is 10.2 Å². The molecule has 1 fully saturated rings. The third-order valence-electron chi connectivity index (χ3n) is 2.96. The maximum absolute atomic E-state index is 13.8. The minimum Gasteiger partial charge on any atom is -0.444 e. The SMILES string of the molecule is CC(C)(C)OC(=O)Nc1cc(N2CCOCC2)ccc1F. The molecule has 1 saturated heterocycles. The van der Waals surface area contributed by atoms with Crippen molar-refractivity contribution >= 4 is 17.5 Å². The molecule has 0 spiro atoms. The third-order valence-corrected chi connectivity index (χ3v) is 2.96. The normalized spacial score (nSPS) is 15.7. The van der Waals surface area contributed by atoms with Crippen LogP contribution in [-0.4, -0.2) is 38.0 Å². The van der Waals surface area contributed by atoms with E-state index in [4.69, 9.17) is 9.47 Å². The summed E-state index contributed by atoms with van der Waals surface area (Å²) in [7, 11) is 0. The molecule has 1 aromatic carbocycles. The fraction of sp³-hybridized carbons (Fsp3) is 0.533. The van der Waals surface area contributed by atoms with E-state index in [1.54, 1.807) is 32.9 Å². The highest BCUT2D eigenvalue weighted by atomic mass is 19.1. The van der Waals surface area contributed by atoms with Crippen molar-refractivity contribution in [1.82, 2.24) is 0 Å². The van der Waals surface area contributed by atoms with Crippen LogP contribution in [0.2, 0.25) is 0 Å². The fourth-order valence-electron chi connectivity index (χ4n) is 2.04. The molecule has 1 heterocycles. The highest BCUT2D eigenvalue weighted by Crippen LogP contribution is 2.24. The van der Waals surface area contributed by atoms with Crippen LogP contribution in [0.4, 0.5) is 20.6 Å². The lowest BCUT2D eigenvalue weighted by molar-refractivity contribution is 0.0635. The van der Waals surface area contributed by atoms with Gasteiger partial charge in [-0.15, -0.1) is 0 Å². The predicted molar refractivity (Wildman–Crippen MR) is 79.3 cm³/mol. The number of amides is 1. The van der Waals surface area contributed by atoms with Crippen LogP contribution in [0.25, 0.3) is 0 Å². The van der Waals surface area contributed by atoms with Crippen molar-refractivity contribution in [3.8, 4) is 0 Å². The van der Waals surface area contributed by atoms with Crippen LogP contribution in [-0.2, 0) is 9.47 Å². The zero-order valence-electron chi connectivity index (χ0n) is 12.6. The summed E-state index contributed by atoms with van der Waals surface area (Å²) in [4.78, 5) is 13.8. The van der Waals surface area contributed by atoms with E-state index in [0.717, 1.165) is 18.8 Å². The molecule has 0 saturated carbocycles. The molecule has 1 aliphatic heterocycles. The van der Waals surface area contributed by atoms with Crippen LogP contribution in [0.15, 0.2) is 18.2 Å². The molecule has 0 aliphatic carbocycles. The zero-order valence-corrected chi connectivity index (χ0v) is 12.6. The first-order chi connectivity index (χ1) is 9.85. The zero-order chi connectivity index (χ0) is 15.5. The Bertz CT molecular complexity index is 508. The molecule has 0 atom stereocenters. The molecular weight excluding hydrogens is 275 g/mol. The van der Waals surface area contributed by atoms with E-state index in [0.29, 0.717) is 13.2 Å². The first-order valence-electron chi connectivity index (χ1n) is 6.97. The highest BCUT2D eigenvalue weighted by molar-refractivity contribution is 5.86. The van der Waals surface area contributed by atoms with Gasteiger partial charge in [0.2, 0.25) is 0 Å². The summed E-state index contributed by atoms with van der Waals surface area (Å²) in [5.41, 5.74) is 0.349. The van der Waals surface area contributed by atoms with E-state index in [1.165, 1.54) is 6.07 Å². The lowest BCUT2D eigenvalue weighted by atomic mass is 10.2. The van der Waals surface area contributed by atoms with E-state index >= 15 is 0 Å². The van der Waals surface area contributed by atoms with Crippen LogP contribution in [0.5, 0.6) is 0 Å². The summed E-state index contributed by atoms with van der Waals surface area (Å²) < 4.78 is 24.2. The molecule has 2 rings (SSSR count). The van der Waals surface area contributed by atoms with Gasteiger partial charge >= 0.3 is 6.09 Å². The van der Waals surface area contributed by atoms with Gasteiger partial charge < -0.3 is 14.4 Å². The van der Waals surface area contributed by atoms with Gasteiger partial charge in [-0.05, 0) is 39.0 Å². The van der Waals surface area contributed by atoms with Crippen molar-refractivity contribution in [2.24, 2.45) is 0 Å². The minimum atomic E-state index is -0.666. The molecule has 116 valence electrons. The predicted octanol–water partition coefficient (Wildman–Crippen LogP) is 3.01. The summed E-state index contributed by atoms with van der Waals surface area (Å²) in [6, 6.07) is 4.66. The topological polar surface area (TPSA) is 50.8 Å². The molecule has 5 nitrogen and oxygen atoms in total. The number of hydrogen-bond donors (Lipinski definition) is 1. The summed E-state index contributed by atoms with van der Waals surface area (Å²) in [6.07, 6.45) is -0.666. The summed E-state index contributed by atoms with van der Waals surface area (Å²) >= 11 is 0. The molecule has 1 N–H and O–H groups in total. The monoisotopic (exact) mass is 296 g/mol. The molecule has 1 amide bonds. The van der Waals surface area contributed by atoms with Crippen molar-refractivity contribution in [1.29, 1.82) is 0 Å². The second kappa shape index (κ2) is 6.30. The number of ether oxygens (including phenoxy) is 2. The highest BCUT2D eigenvalue weighted by Gasteiger charge is 2.18. The third kappa shape index (κ3) is 4.60. The van der Waals surface area contributed by atoms with Crippen LogP contribution in [0.3, 0.4) is 0 Å². The van der Waals surface area contributed by atoms with Crippen molar-refractivity contribution in [3.05, 3.63) is 24.0 Å². The number of carbonyl (C=O) groups excluding carboxylic acids is 1. The van der Waals surface area contributed by atoms with Crippen molar-refractivity contribution in [3.63, 3.8) is 0 Å². The maximum atomic E-state index is 13.8. The van der Waals surface area contributed by atoms with E-state index in [-0.39, 0.29) is 5.69 Å². The number of carbonyl (C=O) groups is 1. The molecule has 0 radical (unpaired) electrons. The van der Waals surface area contributed by atoms with Gasteiger partial charge in [0.15, 0.2) is 0 Å². The molecule has 0 bridgehead atoms. The van der Waals surface area contributed by atoms with Gasteiger partial charge in [0.25, 0.3) is 0 Å². The van der Waals surface area contributed by atoms with Gasteiger partial charge in [-0.3, -0.25) is 5.32 Å². The van der Waals surface area contributed by atoms with Gasteiger partial charge in [-0.25, -0.2) is 9.18 Å². The summed E-state index contributed by atoms with van der Waals surface area (Å²) in [6.45, 7) is 8.06. The van der Waals surface area contributed by atoms with Gasteiger partial charge in [0.05, 0.1) is 18.9 Å². The standard InChI is InChI=1S/C15H21FN2O3/c1-15(2,3)21-14(19)17-13-10-11(4-5-12(13)16)18-6-8-20-9-7-18/h4-5,10H,6-9H2,1-3H3,(H,17,19). The van der Waals surface area contributed by atoms with Crippen molar-refractivity contribution in [2.75, 3.05) is 36.5 Å². The molecule has 21 heavy (non-hydrogen) atoms. The van der Waals surface area contributed by atoms with Gasteiger partial charge in [-0.1, -0.05) is 0 Å². The largest absolute Gasteiger partial charge is 0.444 e. The average Bonchev–Trinajstić information content (AvgIpc) is 2.40. The Morgan fingerprint density at radius 3 is 2.62 bits per heavy atom. The molecule has 1 aromatic rings. The number of benzene rings is 1. The Kier molecular flexibility index (Phi) is 4.67. The first-order valence-corrected chi connectivity index (χ1v) is 6.97. The van der Waals surface area contributed by atoms with Crippen LogP contribution in [0, 0.1) is 5.82 Å². The minimum absolute atomic E-state index is 0.119. The van der Waals surface area contributed by atoms with Crippen LogP contribution >= 0.6 is 0 Å². The van der Waals surface area contributed by atoms with Gasteiger partial charge in [0, 0.05) is 18.8 Å². The molecular formula is C15H21FN2O3. The van der Waals surface area contributed by atoms with E-state index < -0.39 is 17.5 Å². The second-order valence-electron chi connectivity index (χ2n) is 5.89. The quantitative estimate of drug-likeness (QED) is 0.911. The average molecular weight is 296 g/mol. The number of anilines is 2. The molecule has 6 heteroatoms. The second-order valence-corrected chi connectivity index (χ2v) is 5.89. The van der Waals surface area contributed by atoms with E-state index in [1.807, 2.05) is 0 Å². The van der Waals surface area contributed by atoms with Crippen LogP contribution < -0.4 is 10.2 Å². The Hall–Kier alpha value is -1.82. The smallest absolute Gasteiger partial charge is 0.412 e.